The summed E-state index contributed by atoms with van der Waals surface area (Å²) in [4.78, 5) is 5.91. The second-order valence-electron chi connectivity index (χ2n) is 7.94. The Kier molecular flexibility index (Phi) is 6.60. The summed E-state index contributed by atoms with van der Waals surface area (Å²) in [5.41, 5.74) is -0.345. The van der Waals surface area contributed by atoms with Gasteiger partial charge in [-0.3, -0.25) is 0 Å². The molecule has 0 amide bonds. The van der Waals surface area contributed by atoms with Gasteiger partial charge < -0.3 is 9.64 Å². The molecule has 0 heterocycles. The summed E-state index contributed by atoms with van der Waals surface area (Å²) >= 11 is 0. The lowest BCUT2D eigenvalue weighted by atomic mass is 9.86. The number of alkyl halides is 3. The summed E-state index contributed by atoms with van der Waals surface area (Å²) in [7, 11) is 1.78. The van der Waals surface area contributed by atoms with Crippen molar-refractivity contribution in [2.75, 3.05) is 13.6 Å². The normalized spacial score (nSPS) is 12.5. The van der Waals surface area contributed by atoms with Gasteiger partial charge in [0.15, 0.2) is 0 Å². The van der Waals surface area contributed by atoms with Crippen LogP contribution in [0.3, 0.4) is 0 Å². The number of halogens is 4. The molecule has 0 atom stereocenters. The van der Waals surface area contributed by atoms with E-state index in [-0.39, 0.29) is 17.2 Å². The molecule has 3 nitrogen and oxygen atoms in total. The van der Waals surface area contributed by atoms with E-state index in [0.29, 0.717) is 17.7 Å². The van der Waals surface area contributed by atoms with Crippen molar-refractivity contribution in [2.24, 2.45) is 4.99 Å². The topological polar surface area (TPSA) is 24.8 Å². The Labute approximate surface area is 169 Å². The van der Waals surface area contributed by atoms with Crippen LogP contribution < -0.4 is 4.74 Å². The van der Waals surface area contributed by atoms with Crippen LogP contribution in [0.2, 0.25) is 0 Å². The van der Waals surface area contributed by atoms with Crippen LogP contribution in [-0.4, -0.2) is 24.8 Å². The fraction of sp³-hybridized carbons (Fsp3) is 0.409. The molecule has 0 aromatic heterocycles. The van der Waals surface area contributed by atoms with E-state index in [4.69, 9.17) is 4.74 Å². The Bertz CT molecular complexity index is 899. The highest BCUT2D eigenvalue weighted by Crippen LogP contribution is 2.42. The Morgan fingerprint density at radius 2 is 1.72 bits per heavy atom. The number of ether oxygens (including phenoxy) is 1. The summed E-state index contributed by atoms with van der Waals surface area (Å²) in [6.07, 6.45) is -3.14. The number of benzene rings is 2. The fourth-order valence-corrected chi connectivity index (χ4v) is 2.63. The summed E-state index contributed by atoms with van der Waals surface area (Å²) < 4.78 is 60.6. The first-order valence-corrected chi connectivity index (χ1v) is 9.27. The van der Waals surface area contributed by atoms with Gasteiger partial charge in [0, 0.05) is 13.6 Å². The predicted octanol–water partition coefficient (Wildman–Crippen LogP) is 6.85. The Hall–Kier alpha value is -2.57. The number of hydrogen-bond donors (Lipinski definition) is 0. The van der Waals surface area contributed by atoms with Crippen molar-refractivity contribution in [1.82, 2.24) is 4.90 Å². The summed E-state index contributed by atoms with van der Waals surface area (Å²) in [5.74, 6) is -0.630. The van der Waals surface area contributed by atoms with Crippen LogP contribution in [0.15, 0.2) is 35.3 Å². The van der Waals surface area contributed by atoms with E-state index < -0.39 is 23.0 Å². The highest BCUT2D eigenvalue weighted by molar-refractivity contribution is 5.65. The molecule has 0 saturated carbocycles. The van der Waals surface area contributed by atoms with Crippen LogP contribution in [0.4, 0.5) is 23.2 Å². The zero-order valence-electron chi connectivity index (χ0n) is 17.5. The average Bonchev–Trinajstić information content (AvgIpc) is 2.60. The predicted molar refractivity (Wildman–Crippen MR) is 108 cm³/mol. The van der Waals surface area contributed by atoms with Crippen LogP contribution in [0.5, 0.6) is 11.5 Å². The van der Waals surface area contributed by atoms with E-state index in [2.05, 4.69) is 4.99 Å². The average molecular weight is 410 g/mol. The van der Waals surface area contributed by atoms with Gasteiger partial charge in [-0.05, 0) is 60.7 Å². The van der Waals surface area contributed by atoms with Gasteiger partial charge in [0.2, 0.25) is 0 Å². The van der Waals surface area contributed by atoms with Gasteiger partial charge >= 0.3 is 6.18 Å². The zero-order valence-corrected chi connectivity index (χ0v) is 17.5. The fourth-order valence-electron chi connectivity index (χ4n) is 2.63. The van der Waals surface area contributed by atoms with Gasteiger partial charge in [-0.1, -0.05) is 20.8 Å². The summed E-state index contributed by atoms with van der Waals surface area (Å²) in [6.45, 7) is 9.71. The maximum absolute atomic E-state index is 14.1. The third-order valence-corrected chi connectivity index (χ3v) is 4.47. The molecule has 7 heteroatoms. The van der Waals surface area contributed by atoms with E-state index >= 15 is 0 Å². The van der Waals surface area contributed by atoms with Crippen LogP contribution in [-0.2, 0) is 11.6 Å². The highest BCUT2D eigenvalue weighted by atomic mass is 19.4. The lowest BCUT2D eigenvalue weighted by Gasteiger charge is -2.21. The van der Waals surface area contributed by atoms with Gasteiger partial charge in [-0.25, -0.2) is 9.38 Å². The third-order valence-electron chi connectivity index (χ3n) is 4.47. The molecule has 0 spiro atoms. The lowest BCUT2D eigenvalue weighted by Crippen LogP contribution is -2.14. The SMILES string of the molecule is CCN(C)C=Nc1cc(C(F)(F)F)c(Oc2ccc(F)c(C(C)(C)C)c2)cc1C. The maximum Gasteiger partial charge on any atom is 0.420 e. The van der Waals surface area contributed by atoms with E-state index in [9.17, 15) is 17.6 Å². The van der Waals surface area contributed by atoms with Gasteiger partial charge in [0.1, 0.15) is 22.9 Å². The minimum atomic E-state index is -4.63. The first kappa shape index (κ1) is 22.7. The molecule has 29 heavy (non-hydrogen) atoms. The molecule has 0 fully saturated rings. The quantitative estimate of drug-likeness (QED) is 0.306. The number of aryl methyl sites for hydroxylation is 1. The van der Waals surface area contributed by atoms with Crippen LogP contribution >= 0.6 is 0 Å². The second kappa shape index (κ2) is 8.43. The van der Waals surface area contributed by atoms with Crippen molar-refractivity contribution in [3.8, 4) is 11.5 Å². The standard InChI is InChI=1S/C22H26F4N2O/c1-7-28(6)13-27-19-12-17(22(24,25)26)20(10-14(19)2)29-15-8-9-18(23)16(11-15)21(3,4)5/h8-13H,7H2,1-6H3. The van der Waals surface area contributed by atoms with Crippen molar-refractivity contribution < 1.29 is 22.3 Å². The summed E-state index contributed by atoms with van der Waals surface area (Å²) in [5, 5.41) is 0. The maximum atomic E-state index is 14.1. The molecule has 2 aromatic carbocycles. The Morgan fingerprint density at radius 3 is 2.28 bits per heavy atom. The molecule has 0 aliphatic heterocycles. The molecule has 2 aromatic rings. The number of aliphatic imine (C=N–C) groups is 1. The largest absolute Gasteiger partial charge is 0.457 e. The Morgan fingerprint density at radius 1 is 1.07 bits per heavy atom. The van der Waals surface area contributed by atoms with Crippen LogP contribution in [0.25, 0.3) is 0 Å². The molecule has 158 valence electrons. The van der Waals surface area contributed by atoms with E-state index in [1.807, 2.05) is 27.7 Å². The molecule has 0 aliphatic rings. The molecular formula is C22H26F4N2O. The molecule has 0 radical (unpaired) electrons. The first-order chi connectivity index (χ1) is 13.3. The molecule has 0 bridgehead atoms. The smallest absolute Gasteiger partial charge is 0.420 e. The van der Waals surface area contributed by atoms with Gasteiger partial charge in [0.05, 0.1) is 12.0 Å². The molecule has 2 rings (SSSR count). The van der Waals surface area contributed by atoms with Gasteiger partial charge in [-0.2, -0.15) is 13.2 Å². The minimum absolute atomic E-state index is 0.142. The van der Waals surface area contributed by atoms with Crippen molar-refractivity contribution in [3.05, 3.63) is 52.8 Å². The monoisotopic (exact) mass is 410 g/mol. The van der Waals surface area contributed by atoms with E-state index in [0.717, 1.165) is 6.07 Å². The van der Waals surface area contributed by atoms with Crippen LogP contribution in [0, 0.1) is 12.7 Å². The number of rotatable bonds is 5. The molecule has 0 saturated heterocycles. The van der Waals surface area contributed by atoms with Crippen molar-refractivity contribution >= 4 is 12.0 Å². The van der Waals surface area contributed by atoms with Crippen molar-refractivity contribution in [1.29, 1.82) is 0 Å². The van der Waals surface area contributed by atoms with Crippen LogP contribution in [0.1, 0.15) is 44.4 Å². The number of hydrogen-bond acceptors (Lipinski definition) is 2. The number of nitrogens with zero attached hydrogens (tertiary/aromatic N) is 2. The van der Waals surface area contributed by atoms with E-state index in [1.54, 1.807) is 18.9 Å². The van der Waals surface area contributed by atoms with E-state index in [1.165, 1.54) is 30.6 Å². The van der Waals surface area contributed by atoms with Crippen molar-refractivity contribution in [2.45, 2.75) is 46.2 Å². The minimum Gasteiger partial charge on any atom is -0.457 e. The second-order valence-corrected chi connectivity index (χ2v) is 7.94. The zero-order chi connectivity index (χ0) is 22.0. The van der Waals surface area contributed by atoms with Gasteiger partial charge in [0.25, 0.3) is 0 Å². The Balaban J connectivity index is 2.50. The highest BCUT2D eigenvalue weighted by Gasteiger charge is 2.35. The molecular weight excluding hydrogens is 384 g/mol. The third kappa shape index (κ3) is 5.71. The first-order valence-electron chi connectivity index (χ1n) is 9.27. The lowest BCUT2D eigenvalue weighted by molar-refractivity contribution is -0.138. The molecule has 0 N–H and O–H groups in total. The van der Waals surface area contributed by atoms with Gasteiger partial charge in [-0.15, -0.1) is 0 Å². The van der Waals surface area contributed by atoms with Crippen molar-refractivity contribution in [3.63, 3.8) is 0 Å². The molecule has 0 unspecified atom stereocenters. The molecule has 0 aliphatic carbocycles. The summed E-state index contributed by atoms with van der Waals surface area (Å²) in [6, 6.07) is 6.24.